The summed E-state index contributed by atoms with van der Waals surface area (Å²) >= 11 is 0. The molecular formula is C39H30O4. The van der Waals surface area contributed by atoms with E-state index in [1.807, 2.05) is 36.4 Å². The van der Waals surface area contributed by atoms with Gasteiger partial charge in [0.15, 0.2) is 0 Å². The third-order valence-electron chi connectivity index (χ3n) is 7.82. The van der Waals surface area contributed by atoms with Crippen molar-refractivity contribution in [1.29, 1.82) is 0 Å². The second-order valence-electron chi connectivity index (χ2n) is 10.4. The molecule has 0 saturated carbocycles. The second-order valence-corrected chi connectivity index (χ2v) is 10.4. The van der Waals surface area contributed by atoms with Crippen LogP contribution in [0.4, 0.5) is 0 Å². The standard InChI is InChI=1S/C39H30O4/c1-40-32-13-7-9-26(21-32)17-19-30-23-28-11-3-5-15-34(28)36-37-35-16-6-4-12-29(35)24-31(39(37)43-25-42-38(30)36)20-18-27-10-8-14-33(22-27)41-2/h3-24H,25H2,1-2H3/b19-17+,20-18+. The van der Waals surface area contributed by atoms with Gasteiger partial charge >= 0.3 is 0 Å². The predicted octanol–water partition coefficient (Wildman–Crippen LogP) is 9.75. The van der Waals surface area contributed by atoms with E-state index in [0.29, 0.717) is 0 Å². The molecule has 0 bridgehead atoms. The molecule has 6 aromatic rings. The SMILES string of the molecule is COc1cccc(/C=C/c2cc3ccccc3c3c2OCOc2c(/C=C/c4cccc(OC)c4)cc4ccccc4c2-3)c1. The van der Waals surface area contributed by atoms with Crippen LogP contribution in [0.15, 0.2) is 109 Å². The fraction of sp³-hybridized carbons (Fsp3) is 0.0769. The first kappa shape index (κ1) is 26.4. The Hall–Kier alpha value is -5.48. The van der Waals surface area contributed by atoms with Crippen LogP contribution in [0.25, 0.3) is 57.0 Å². The molecule has 0 atom stereocenters. The van der Waals surface area contributed by atoms with Crippen LogP contribution in [-0.2, 0) is 0 Å². The molecule has 0 unspecified atom stereocenters. The Morgan fingerprint density at radius 1 is 0.512 bits per heavy atom. The van der Waals surface area contributed by atoms with Gasteiger partial charge in [0.25, 0.3) is 0 Å². The van der Waals surface area contributed by atoms with E-state index in [1.165, 1.54) is 0 Å². The summed E-state index contributed by atoms with van der Waals surface area (Å²) in [5.41, 5.74) is 6.11. The van der Waals surface area contributed by atoms with Crippen LogP contribution in [0.1, 0.15) is 22.3 Å². The summed E-state index contributed by atoms with van der Waals surface area (Å²) in [7, 11) is 3.36. The van der Waals surface area contributed by atoms with Crippen molar-refractivity contribution in [2.75, 3.05) is 21.0 Å². The van der Waals surface area contributed by atoms with Crippen molar-refractivity contribution >= 4 is 45.8 Å². The molecule has 1 heterocycles. The van der Waals surface area contributed by atoms with Crippen molar-refractivity contribution in [1.82, 2.24) is 0 Å². The maximum absolute atomic E-state index is 6.46. The van der Waals surface area contributed by atoms with Gasteiger partial charge in [-0.15, -0.1) is 0 Å². The number of hydrogen-bond acceptors (Lipinski definition) is 4. The maximum atomic E-state index is 6.46. The highest BCUT2D eigenvalue weighted by Crippen LogP contribution is 2.50. The van der Waals surface area contributed by atoms with Gasteiger partial charge < -0.3 is 18.9 Å². The first-order valence-corrected chi connectivity index (χ1v) is 14.2. The first-order chi connectivity index (χ1) is 21.2. The van der Waals surface area contributed by atoms with E-state index in [1.54, 1.807) is 14.2 Å². The molecule has 1 aliphatic rings. The van der Waals surface area contributed by atoms with Crippen molar-refractivity contribution in [2.45, 2.75) is 0 Å². The van der Waals surface area contributed by atoms with Crippen LogP contribution >= 0.6 is 0 Å². The van der Waals surface area contributed by atoms with Crippen molar-refractivity contribution in [3.63, 3.8) is 0 Å². The van der Waals surface area contributed by atoms with Gasteiger partial charge in [0.2, 0.25) is 6.79 Å². The Morgan fingerprint density at radius 2 is 0.977 bits per heavy atom. The van der Waals surface area contributed by atoms with E-state index >= 15 is 0 Å². The largest absolute Gasteiger partial charge is 0.497 e. The zero-order chi connectivity index (χ0) is 29.2. The van der Waals surface area contributed by atoms with Crippen LogP contribution in [0, 0.1) is 0 Å². The lowest BCUT2D eigenvalue weighted by molar-refractivity contribution is 0.124. The summed E-state index contributed by atoms with van der Waals surface area (Å²) in [4.78, 5) is 0. The number of fused-ring (bicyclic) bond motifs is 7. The van der Waals surface area contributed by atoms with Crippen molar-refractivity contribution in [3.8, 4) is 34.1 Å². The molecule has 0 aromatic heterocycles. The Bertz CT molecular complexity index is 1890. The summed E-state index contributed by atoms with van der Waals surface area (Å²) in [5.74, 6) is 3.24. The molecule has 7 rings (SSSR count). The maximum Gasteiger partial charge on any atom is 0.231 e. The van der Waals surface area contributed by atoms with E-state index in [4.69, 9.17) is 18.9 Å². The minimum atomic E-state index is 0.0939. The van der Waals surface area contributed by atoms with Crippen LogP contribution in [0.3, 0.4) is 0 Å². The molecular weight excluding hydrogens is 532 g/mol. The molecule has 0 saturated heterocycles. The van der Waals surface area contributed by atoms with E-state index < -0.39 is 0 Å². The monoisotopic (exact) mass is 562 g/mol. The van der Waals surface area contributed by atoms with E-state index in [-0.39, 0.29) is 6.79 Å². The lowest BCUT2D eigenvalue weighted by atomic mass is 9.88. The normalized spacial score (nSPS) is 12.5. The summed E-state index contributed by atoms with van der Waals surface area (Å²) in [6.45, 7) is 0.0939. The number of benzene rings is 6. The first-order valence-electron chi connectivity index (χ1n) is 14.2. The molecule has 43 heavy (non-hydrogen) atoms. The van der Waals surface area contributed by atoms with Crippen molar-refractivity contribution in [2.24, 2.45) is 0 Å². The number of rotatable bonds is 6. The van der Waals surface area contributed by atoms with E-state index in [9.17, 15) is 0 Å². The van der Waals surface area contributed by atoms with Crippen molar-refractivity contribution in [3.05, 3.63) is 131 Å². The predicted molar refractivity (Wildman–Crippen MR) is 177 cm³/mol. The summed E-state index contributed by atoms with van der Waals surface area (Å²) in [6, 6.07) is 37.3. The van der Waals surface area contributed by atoms with Gasteiger partial charge in [-0.3, -0.25) is 0 Å². The van der Waals surface area contributed by atoms with E-state index in [0.717, 1.165) is 77.9 Å². The lowest BCUT2D eigenvalue weighted by Crippen LogP contribution is -2.05. The summed E-state index contributed by atoms with van der Waals surface area (Å²) in [6.07, 6.45) is 8.40. The smallest absolute Gasteiger partial charge is 0.231 e. The highest BCUT2D eigenvalue weighted by molar-refractivity contribution is 6.12. The van der Waals surface area contributed by atoms with E-state index in [2.05, 4.69) is 97.1 Å². The molecule has 4 heteroatoms. The van der Waals surface area contributed by atoms with Gasteiger partial charge in [0, 0.05) is 22.3 Å². The molecule has 0 N–H and O–H groups in total. The van der Waals surface area contributed by atoms with Gasteiger partial charge in [0.1, 0.15) is 23.0 Å². The van der Waals surface area contributed by atoms with Gasteiger partial charge in [-0.2, -0.15) is 0 Å². The fourth-order valence-electron chi connectivity index (χ4n) is 5.77. The minimum Gasteiger partial charge on any atom is -0.497 e. The Kier molecular flexibility index (Phi) is 7.02. The number of ether oxygens (including phenoxy) is 4. The molecule has 210 valence electrons. The molecule has 0 aliphatic carbocycles. The summed E-state index contributed by atoms with van der Waals surface area (Å²) < 4.78 is 23.8. The molecule has 0 radical (unpaired) electrons. The number of methoxy groups -OCH3 is 2. The lowest BCUT2D eigenvalue weighted by Gasteiger charge is -2.17. The van der Waals surface area contributed by atoms with Gasteiger partial charge in [0.05, 0.1) is 14.2 Å². The molecule has 4 nitrogen and oxygen atoms in total. The Morgan fingerprint density at radius 3 is 1.44 bits per heavy atom. The Balaban J connectivity index is 1.46. The molecule has 0 amide bonds. The van der Waals surface area contributed by atoms with Gasteiger partial charge in [-0.25, -0.2) is 0 Å². The molecule has 0 spiro atoms. The fourth-order valence-corrected chi connectivity index (χ4v) is 5.77. The topological polar surface area (TPSA) is 36.9 Å². The summed E-state index contributed by atoms with van der Waals surface area (Å²) in [5, 5.41) is 4.48. The zero-order valence-electron chi connectivity index (χ0n) is 24.0. The molecule has 0 fully saturated rings. The van der Waals surface area contributed by atoms with Crippen LogP contribution in [0.2, 0.25) is 0 Å². The average molecular weight is 563 g/mol. The van der Waals surface area contributed by atoms with Crippen LogP contribution in [-0.4, -0.2) is 21.0 Å². The molecule has 6 aromatic carbocycles. The third kappa shape index (κ3) is 5.08. The third-order valence-corrected chi connectivity index (χ3v) is 7.82. The zero-order valence-corrected chi connectivity index (χ0v) is 24.0. The average Bonchev–Trinajstić information content (AvgIpc) is 3.27. The number of hydrogen-bond donors (Lipinski definition) is 0. The Labute approximate surface area is 251 Å². The van der Waals surface area contributed by atoms with Crippen LogP contribution in [0.5, 0.6) is 23.0 Å². The van der Waals surface area contributed by atoms with Crippen molar-refractivity contribution < 1.29 is 18.9 Å². The second kappa shape index (κ2) is 11.4. The highest BCUT2D eigenvalue weighted by Gasteiger charge is 2.26. The highest BCUT2D eigenvalue weighted by atomic mass is 16.7. The minimum absolute atomic E-state index is 0.0939. The quantitative estimate of drug-likeness (QED) is 0.189. The van der Waals surface area contributed by atoms with Crippen LogP contribution < -0.4 is 18.9 Å². The van der Waals surface area contributed by atoms with Gasteiger partial charge in [-0.1, -0.05) is 97.1 Å². The molecule has 1 aliphatic heterocycles. The van der Waals surface area contributed by atoms with Gasteiger partial charge in [-0.05, 0) is 69.1 Å².